The van der Waals surface area contributed by atoms with E-state index in [4.69, 9.17) is 10.8 Å². The van der Waals surface area contributed by atoms with E-state index in [0.29, 0.717) is 0 Å². The molecule has 0 bridgehead atoms. The quantitative estimate of drug-likeness (QED) is 0.750. The average molecular weight is 240 g/mol. The van der Waals surface area contributed by atoms with Crippen LogP contribution < -0.4 is 10.6 Å². The summed E-state index contributed by atoms with van der Waals surface area (Å²) in [6, 6.07) is 0. The van der Waals surface area contributed by atoms with Gasteiger partial charge in [-0.05, 0) is 19.8 Å². The van der Waals surface area contributed by atoms with E-state index in [2.05, 4.69) is 23.8 Å². The lowest BCUT2D eigenvalue weighted by Gasteiger charge is -2.23. The number of nitrogens with two attached hydrogens (primary N) is 1. The molecule has 5 nitrogen and oxygen atoms in total. The average Bonchev–Trinajstić information content (AvgIpc) is 2.58. The Morgan fingerprint density at radius 2 is 2.12 bits per heavy atom. The van der Waals surface area contributed by atoms with Crippen molar-refractivity contribution in [1.82, 2.24) is 9.78 Å². The first-order valence-corrected chi connectivity index (χ1v) is 6.32. The molecule has 3 N–H and O–H groups in total. The van der Waals surface area contributed by atoms with Crippen molar-refractivity contribution in [3.05, 3.63) is 5.69 Å². The summed E-state index contributed by atoms with van der Waals surface area (Å²) in [6.07, 6.45) is 2.71. The fourth-order valence-electron chi connectivity index (χ4n) is 2.06. The van der Waals surface area contributed by atoms with E-state index in [1.807, 2.05) is 11.7 Å². The Morgan fingerprint density at radius 3 is 2.65 bits per heavy atom. The molecule has 0 aliphatic rings. The normalized spacial score (nSPS) is 10.8. The van der Waals surface area contributed by atoms with Crippen LogP contribution in [-0.2, 0) is 13.5 Å². The molecule has 1 rings (SSSR count). The fraction of sp³-hybridized carbons (Fsp3) is 0.750. The molecule has 1 aromatic heterocycles. The second-order valence-electron chi connectivity index (χ2n) is 4.21. The van der Waals surface area contributed by atoms with Crippen molar-refractivity contribution in [1.29, 1.82) is 0 Å². The minimum atomic E-state index is 0.204. The van der Waals surface area contributed by atoms with Crippen LogP contribution in [-0.4, -0.2) is 34.6 Å². The van der Waals surface area contributed by atoms with Gasteiger partial charge in [-0.3, -0.25) is 4.68 Å². The molecular formula is C12H24N4O. The Bertz CT molecular complexity index is 349. The van der Waals surface area contributed by atoms with Gasteiger partial charge in [0.1, 0.15) is 5.82 Å². The molecule has 98 valence electrons. The third-order valence-electron chi connectivity index (χ3n) is 2.88. The molecule has 0 aliphatic carbocycles. The van der Waals surface area contributed by atoms with E-state index in [-0.39, 0.29) is 6.61 Å². The number of hydrogen-bond donors (Lipinski definition) is 2. The van der Waals surface area contributed by atoms with Crippen LogP contribution in [0.3, 0.4) is 0 Å². The van der Waals surface area contributed by atoms with E-state index in [9.17, 15) is 0 Å². The van der Waals surface area contributed by atoms with Crippen molar-refractivity contribution in [3.63, 3.8) is 0 Å². The summed E-state index contributed by atoms with van der Waals surface area (Å²) < 4.78 is 1.85. The summed E-state index contributed by atoms with van der Waals surface area (Å²) in [4.78, 5) is 2.16. The van der Waals surface area contributed by atoms with E-state index in [1.54, 1.807) is 0 Å². The molecule has 17 heavy (non-hydrogen) atoms. The highest BCUT2D eigenvalue weighted by atomic mass is 16.3. The third kappa shape index (κ3) is 3.12. The number of aliphatic hydroxyl groups excluding tert-OH is 1. The number of hydrogen-bond acceptors (Lipinski definition) is 4. The number of nitrogen functional groups attached to an aromatic ring is 1. The topological polar surface area (TPSA) is 67.3 Å². The zero-order valence-corrected chi connectivity index (χ0v) is 11.1. The summed E-state index contributed by atoms with van der Waals surface area (Å²) in [5.41, 5.74) is 7.92. The molecule has 5 heteroatoms. The maximum Gasteiger partial charge on any atom is 0.150 e. The van der Waals surface area contributed by atoms with Gasteiger partial charge in [0.05, 0.1) is 11.4 Å². The first kappa shape index (κ1) is 13.8. The summed E-state index contributed by atoms with van der Waals surface area (Å²) in [7, 11) is 1.92. The Hall–Kier alpha value is -1.23. The minimum Gasteiger partial charge on any atom is -0.396 e. The van der Waals surface area contributed by atoms with Crippen molar-refractivity contribution in [3.8, 4) is 0 Å². The monoisotopic (exact) mass is 240 g/mol. The maximum atomic E-state index is 8.91. The van der Waals surface area contributed by atoms with Gasteiger partial charge in [-0.25, -0.2) is 0 Å². The number of nitrogens with zero attached hydrogens (tertiary/aromatic N) is 3. The van der Waals surface area contributed by atoms with Crippen LogP contribution in [0.2, 0.25) is 0 Å². The van der Waals surface area contributed by atoms with Gasteiger partial charge in [0.15, 0.2) is 0 Å². The molecule has 0 radical (unpaired) electrons. The summed E-state index contributed by atoms with van der Waals surface area (Å²) in [6.45, 7) is 6.09. The highest BCUT2D eigenvalue weighted by molar-refractivity contribution is 5.66. The highest BCUT2D eigenvalue weighted by Crippen LogP contribution is 2.26. The molecule has 1 aromatic rings. The fourth-order valence-corrected chi connectivity index (χ4v) is 2.06. The highest BCUT2D eigenvalue weighted by Gasteiger charge is 2.17. The number of aryl methyl sites for hydroxylation is 2. The molecule has 0 saturated carbocycles. The predicted molar refractivity (Wildman–Crippen MR) is 71.2 cm³/mol. The van der Waals surface area contributed by atoms with Gasteiger partial charge in [-0.2, -0.15) is 5.10 Å². The standard InChI is InChI=1S/C12H24N4O/c1-4-7-10-11(13)12(15(3)14-10)16(5-2)8-6-9-17/h17H,4-9,13H2,1-3H3. The van der Waals surface area contributed by atoms with Crippen molar-refractivity contribution < 1.29 is 5.11 Å². The first-order valence-electron chi connectivity index (χ1n) is 6.32. The van der Waals surface area contributed by atoms with Gasteiger partial charge in [0.2, 0.25) is 0 Å². The van der Waals surface area contributed by atoms with Crippen LogP contribution in [0, 0.1) is 0 Å². The Kier molecular flexibility index (Phi) is 5.28. The molecule has 0 saturated heterocycles. The third-order valence-corrected chi connectivity index (χ3v) is 2.88. The van der Waals surface area contributed by atoms with Gasteiger partial charge >= 0.3 is 0 Å². The van der Waals surface area contributed by atoms with E-state index < -0.39 is 0 Å². The summed E-state index contributed by atoms with van der Waals surface area (Å²) in [5, 5.41) is 13.4. The van der Waals surface area contributed by atoms with Gasteiger partial charge in [0.25, 0.3) is 0 Å². The van der Waals surface area contributed by atoms with Crippen LogP contribution in [0.4, 0.5) is 11.5 Å². The maximum absolute atomic E-state index is 8.91. The smallest absolute Gasteiger partial charge is 0.150 e. The molecule has 1 heterocycles. The Morgan fingerprint density at radius 1 is 1.41 bits per heavy atom. The van der Waals surface area contributed by atoms with Crippen molar-refractivity contribution in [2.75, 3.05) is 30.3 Å². The van der Waals surface area contributed by atoms with Crippen LogP contribution in [0.5, 0.6) is 0 Å². The van der Waals surface area contributed by atoms with Gasteiger partial charge in [0, 0.05) is 26.7 Å². The van der Waals surface area contributed by atoms with Gasteiger partial charge < -0.3 is 15.7 Å². The zero-order valence-electron chi connectivity index (χ0n) is 11.1. The first-order chi connectivity index (χ1) is 8.15. The van der Waals surface area contributed by atoms with Crippen molar-refractivity contribution in [2.45, 2.75) is 33.1 Å². The second kappa shape index (κ2) is 6.49. The Labute approximate surface area is 103 Å². The molecule has 0 atom stereocenters. The molecule has 0 aliphatic heterocycles. The van der Waals surface area contributed by atoms with Crippen LogP contribution in [0.25, 0.3) is 0 Å². The number of aromatic nitrogens is 2. The van der Waals surface area contributed by atoms with E-state index in [1.165, 1.54) is 0 Å². The zero-order chi connectivity index (χ0) is 12.8. The Balaban J connectivity index is 2.93. The summed E-state index contributed by atoms with van der Waals surface area (Å²) >= 11 is 0. The lowest BCUT2D eigenvalue weighted by atomic mass is 10.2. The molecule has 0 spiro atoms. The van der Waals surface area contributed by atoms with Crippen molar-refractivity contribution >= 4 is 11.5 Å². The minimum absolute atomic E-state index is 0.204. The van der Waals surface area contributed by atoms with Crippen LogP contribution in [0.1, 0.15) is 32.4 Å². The van der Waals surface area contributed by atoms with Gasteiger partial charge in [-0.15, -0.1) is 0 Å². The number of aliphatic hydroxyl groups is 1. The van der Waals surface area contributed by atoms with Crippen LogP contribution in [0.15, 0.2) is 0 Å². The molecular weight excluding hydrogens is 216 g/mol. The molecule has 0 unspecified atom stereocenters. The van der Waals surface area contributed by atoms with Crippen molar-refractivity contribution in [2.24, 2.45) is 7.05 Å². The van der Waals surface area contributed by atoms with E-state index in [0.717, 1.165) is 49.6 Å². The van der Waals surface area contributed by atoms with Gasteiger partial charge in [-0.1, -0.05) is 13.3 Å². The largest absolute Gasteiger partial charge is 0.396 e. The molecule has 0 fully saturated rings. The number of rotatable bonds is 7. The molecule has 0 aromatic carbocycles. The lowest BCUT2D eigenvalue weighted by molar-refractivity contribution is 0.289. The van der Waals surface area contributed by atoms with Crippen LogP contribution >= 0.6 is 0 Å². The molecule has 0 amide bonds. The number of anilines is 2. The second-order valence-corrected chi connectivity index (χ2v) is 4.21. The predicted octanol–water partition coefficient (Wildman–Crippen LogP) is 1.16. The SMILES string of the molecule is CCCc1nn(C)c(N(CC)CCCO)c1N. The summed E-state index contributed by atoms with van der Waals surface area (Å²) in [5.74, 6) is 0.976. The van der Waals surface area contributed by atoms with E-state index >= 15 is 0 Å². The lowest BCUT2D eigenvalue weighted by Crippen LogP contribution is -2.27.